The Labute approximate surface area is 260 Å². The first-order valence-corrected chi connectivity index (χ1v) is 15.0. The van der Waals surface area contributed by atoms with Crippen molar-refractivity contribution in [2.45, 2.75) is 70.9 Å². The number of amides is 1. The number of rotatable bonds is 16. The zero-order valence-corrected chi connectivity index (χ0v) is 26.6. The molecule has 11 nitrogen and oxygen atoms in total. The number of carbonyl (C=O) groups is 3. The minimum atomic E-state index is -1.03. The van der Waals surface area contributed by atoms with Crippen LogP contribution in [0.5, 0.6) is 11.5 Å². The van der Waals surface area contributed by atoms with E-state index in [-0.39, 0.29) is 30.5 Å². The van der Waals surface area contributed by atoms with Crippen LogP contribution in [0.25, 0.3) is 0 Å². The van der Waals surface area contributed by atoms with E-state index < -0.39 is 35.6 Å². The van der Waals surface area contributed by atoms with Gasteiger partial charge in [0.05, 0.1) is 32.0 Å². The molecule has 3 rings (SSSR count). The first-order chi connectivity index (χ1) is 21.0. The van der Waals surface area contributed by atoms with Crippen LogP contribution in [0.2, 0.25) is 0 Å². The van der Waals surface area contributed by atoms with Gasteiger partial charge < -0.3 is 33.7 Å². The van der Waals surface area contributed by atoms with Crippen molar-refractivity contribution in [1.82, 2.24) is 10.2 Å². The summed E-state index contributed by atoms with van der Waals surface area (Å²) >= 11 is 0. The highest BCUT2D eigenvalue weighted by Crippen LogP contribution is 2.30. The molecule has 242 valence electrons. The smallest absolute Gasteiger partial charge is 0.330 e. The lowest BCUT2D eigenvalue weighted by molar-refractivity contribution is -0.161. The Balaban J connectivity index is 1.80. The molecule has 0 saturated carbocycles. The van der Waals surface area contributed by atoms with Crippen LogP contribution in [0.4, 0.5) is 0 Å². The number of methoxy groups -OCH3 is 1. The van der Waals surface area contributed by atoms with Gasteiger partial charge in [-0.2, -0.15) is 0 Å². The fraction of sp³-hybridized carbons (Fsp3) is 0.545. The van der Waals surface area contributed by atoms with E-state index >= 15 is 0 Å². The largest absolute Gasteiger partial charge is 0.491 e. The molecule has 2 aromatic carbocycles. The van der Waals surface area contributed by atoms with Gasteiger partial charge in [-0.25, -0.2) is 4.79 Å². The third-order valence-corrected chi connectivity index (χ3v) is 7.00. The number of benzene rings is 2. The summed E-state index contributed by atoms with van der Waals surface area (Å²) in [5.41, 5.74) is 0.499. The van der Waals surface area contributed by atoms with Crippen molar-refractivity contribution in [3.63, 3.8) is 0 Å². The van der Waals surface area contributed by atoms with Crippen LogP contribution in [0, 0.1) is 0 Å². The lowest BCUT2D eigenvalue weighted by atomic mass is 10.0. The van der Waals surface area contributed by atoms with Gasteiger partial charge in [-0.05, 0) is 65.3 Å². The normalized spacial score (nSPS) is 17.5. The molecule has 1 N–H and O–H groups in total. The van der Waals surface area contributed by atoms with Crippen LogP contribution in [0.1, 0.15) is 56.5 Å². The Kier molecular flexibility index (Phi) is 13.4. The second kappa shape index (κ2) is 17.0. The number of nitrogens with one attached hydrogen (secondary N) is 1. The van der Waals surface area contributed by atoms with Crippen LogP contribution in [0.3, 0.4) is 0 Å². The molecule has 0 radical (unpaired) electrons. The average molecular weight is 615 g/mol. The van der Waals surface area contributed by atoms with Gasteiger partial charge >= 0.3 is 11.9 Å². The molecular formula is C33H46N2O9. The van der Waals surface area contributed by atoms with Crippen LogP contribution in [-0.4, -0.2) is 93.7 Å². The molecule has 0 unspecified atom stereocenters. The number of hydrogen-bond donors (Lipinski definition) is 1. The predicted octanol–water partition coefficient (Wildman–Crippen LogP) is 3.77. The van der Waals surface area contributed by atoms with E-state index in [1.54, 1.807) is 44.2 Å². The highest BCUT2D eigenvalue weighted by Gasteiger charge is 2.44. The monoisotopic (exact) mass is 614 g/mol. The number of hydrogen-bond acceptors (Lipinski definition) is 10. The van der Waals surface area contributed by atoms with E-state index in [2.05, 4.69) is 5.32 Å². The summed E-state index contributed by atoms with van der Waals surface area (Å²) in [4.78, 5) is 41.6. The standard InChI is InChI=1S/C33H46N2O9/c1-7-41-32(38)29(26-15-16-27(35(26)5)31(37)44-33(2,3)4)34-30(36)25-14-13-24(42-20-19-40-18-17-39-6)21-28(25)43-22-23-11-9-8-10-12-23/h8-14,21,26-27,29H,7,15-20,22H2,1-6H3,(H,34,36)/t26-,27-,29-/m1/s1. The highest BCUT2D eigenvalue weighted by atomic mass is 16.6. The van der Waals surface area contributed by atoms with E-state index in [1.165, 1.54) is 0 Å². The minimum Gasteiger partial charge on any atom is -0.491 e. The van der Waals surface area contributed by atoms with Gasteiger partial charge in [0, 0.05) is 19.2 Å². The number of nitrogens with zero attached hydrogens (tertiary/aromatic N) is 1. The molecule has 44 heavy (non-hydrogen) atoms. The quantitative estimate of drug-likeness (QED) is 0.221. The number of carbonyl (C=O) groups excluding carboxylic acids is 3. The first-order valence-electron chi connectivity index (χ1n) is 15.0. The van der Waals surface area contributed by atoms with E-state index in [0.29, 0.717) is 45.0 Å². The summed E-state index contributed by atoms with van der Waals surface area (Å²) in [5.74, 6) is -0.680. The second-order valence-corrected chi connectivity index (χ2v) is 11.4. The van der Waals surface area contributed by atoms with Crippen molar-refractivity contribution >= 4 is 17.8 Å². The molecule has 1 aliphatic rings. The third-order valence-electron chi connectivity index (χ3n) is 7.00. The molecule has 1 fully saturated rings. The molecule has 1 heterocycles. The molecule has 1 amide bonds. The number of likely N-dealkylation sites (N-methyl/N-ethyl adjacent to an activating group) is 1. The number of ether oxygens (including phenoxy) is 6. The molecule has 1 saturated heterocycles. The zero-order chi connectivity index (χ0) is 32.1. The second-order valence-electron chi connectivity index (χ2n) is 11.4. The molecule has 1 aliphatic heterocycles. The predicted molar refractivity (Wildman–Crippen MR) is 164 cm³/mol. The van der Waals surface area contributed by atoms with Crippen molar-refractivity contribution in [1.29, 1.82) is 0 Å². The molecule has 3 atom stereocenters. The molecule has 0 bridgehead atoms. The SMILES string of the molecule is CCOC(=O)[C@H](NC(=O)c1ccc(OCCOCCOC)cc1OCc1ccccc1)[C@H]1CC[C@H](C(=O)OC(C)(C)C)N1C. The molecule has 11 heteroatoms. The van der Waals surface area contributed by atoms with Gasteiger partial charge in [-0.1, -0.05) is 30.3 Å². The lowest BCUT2D eigenvalue weighted by Crippen LogP contribution is -2.55. The third kappa shape index (κ3) is 10.5. The summed E-state index contributed by atoms with van der Waals surface area (Å²) in [7, 11) is 3.36. The molecule has 0 aliphatic carbocycles. The van der Waals surface area contributed by atoms with Gasteiger partial charge in [0.15, 0.2) is 0 Å². The lowest BCUT2D eigenvalue weighted by Gasteiger charge is -2.31. The maximum atomic E-state index is 13.8. The van der Waals surface area contributed by atoms with E-state index in [9.17, 15) is 14.4 Å². The van der Waals surface area contributed by atoms with Crippen molar-refractivity contribution < 1.29 is 42.8 Å². The van der Waals surface area contributed by atoms with Gasteiger partial charge in [-0.3, -0.25) is 14.5 Å². The molecular weight excluding hydrogens is 568 g/mol. The van der Waals surface area contributed by atoms with E-state index in [4.69, 9.17) is 28.4 Å². The average Bonchev–Trinajstić information content (AvgIpc) is 3.37. The van der Waals surface area contributed by atoms with Gasteiger partial charge in [0.25, 0.3) is 5.91 Å². The van der Waals surface area contributed by atoms with Crippen LogP contribution < -0.4 is 14.8 Å². The fourth-order valence-electron chi connectivity index (χ4n) is 4.88. The Morgan fingerprint density at radius 1 is 0.977 bits per heavy atom. The maximum Gasteiger partial charge on any atom is 0.330 e. The van der Waals surface area contributed by atoms with Gasteiger partial charge in [0.2, 0.25) is 0 Å². The van der Waals surface area contributed by atoms with Crippen LogP contribution in [-0.2, 0) is 35.1 Å². The highest BCUT2D eigenvalue weighted by molar-refractivity contribution is 5.99. The summed E-state index contributed by atoms with van der Waals surface area (Å²) in [5, 5.41) is 2.87. The summed E-state index contributed by atoms with van der Waals surface area (Å²) in [6.45, 7) is 9.11. The molecule has 0 aromatic heterocycles. The molecule has 0 spiro atoms. The topological polar surface area (TPSA) is 122 Å². The Morgan fingerprint density at radius 3 is 2.39 bits per heavy atom. The number of likely N-dealkylation sites (tertiary alicyclic amines) is 1. The van der Waals surface area contributed by atoms with E-state index in [1.807, 2.05) is 51.1 Å². The Bertz CT molecular complexity index is 1220. The Hall–Kier alpha value is -3.67. The summed E-state index contributed by atoms with van der Waals surface area (Å²) in [6, 6.07) is 12.4. The first kappa shape index (κ1) is 34.8. The van der Waals surface area contributed by atoms with Crippen molar-refractivity contribution in [3.05, 3.63) is 59.7 Å². The van der Waals surface area contributed by atoms with Crippen molar-refractivity contribution in [2.24, 2.45) is 0 Å². The minimum absolute atomic E-state index is 0.143. The van der Waals surface area contributed by atoms with Gasteiger partial charge in [-0.15, -0.1) is 0 Å². The Morgan fingerprint density at radius 2 is 1.70 bits per heavy atom. The zero-order valence-electron chi connectivity index (χ0n) is 26.6. The summed E-state index contributed by atoms with van der Waals surface area (Å²) < 4.78 is 33.3. The van der Waals surface area contributed by atoms with E-state index in [0.717, 1.165) is 5.56 Å². The fourth-order valence-corrected chi connectivity index (χ4v) is 4.88. The maximum absolute atomic E-state index is 13.8. The van der Waals surface area contributed by atoms with Crippen molar-refractivity contribution in [3.8, 4) is 11.5 Å². The van der Waals surface area contributed by atoms with Crippen LogP contribution in [0.15, 0.2) is 48.5 Å². The number of esters is 2. The summed E-state index contributed by atoms with van der Waals surface area (Å²) in [6.07, 6.45) is 0.968. The van der Waals surface area contributed by atoms with Crippen LogP contribution >= 0.6 is 0 Å². The van der Waals surface area contributed by atoms with Gasteiger partial charge in [0.1, 0.15) is 42.4 Å². The van der Waals surface area contributed by atoms with Crippen molar-refractivity contribution in [2.75, 3.05) is 47.2 Å². The molecule has 2 aromatic rings.